The van der Waals surface area contributed by atoms with E-state index in [0.29, 0.717) is 24.4 Å². The highest BCUT2D eigenvalue weighted by Gasteiger charge is 2.89. The monoisotopic (exact) mass is 644 g/mol. The van der Waals surface area contributed by atoms with Gasteiger partial charge in [0.2, 0.25) is 0 Å². The third kappa shape index (κ3) is 3.72. The molecule has 262 valence electrons. The maximum absolute atomic E-state index is 13.1. The van der Waals surface area contributed by atoms with Crippen molar-refractivity contribution in [2.24, 2.45) is 62.4 Å². The van der Waals surface area contributed by atoms with Gasteiger partial charge < -0.3 is 35.1 Å². The zero-order chi connectivity index (χ0) is 33.6. The van der Waals surface area contributed by atoms with Crippen LogP contribution in [0.3, 0.4) is 0 Å². The zero-order valence-corrected chi connectivity index (χ0v) is 30.4. The maximum Gasteiger partial charge on any atom is 0.410 e. The Hall–Kier alpha value is -0.930. The smallest absolute Gasteiger partial charge is 0.410 e. The molecule has 7 rings (SSSR count). The van der Waals surface area contributed by atoms with Gasteiger partial charge in [0.15, 0.2) is 0 Å². The predicted molar refractivity (Wildman–Crippen MR) is 177 cm³/mol. The summed E-state index contributed by atoms with van der Waals surface area (Å²) in [7, 11) is 0. The fraction of sp³-hybridized carbons (Fsp3) is 0.974. The van der Waals surface area contributed by atoms with Crippen LogP contribution in [0.4, 0.5) is 4.79 Å². The molecule has 2 spiro atoms. The first-order chi connectivity index (χ1) is 21.3. The van der Waals surface area contributed by atoms with Gasteiger partial charge >= 0.3 is 6.09 Å². The van der Waals surface area contributed by atoms with Crippen LogP contribution >= 0.6 is 0 Å². The lowest BCUT2D eigenvalue weighted by Crippen LogP contribution is -2.71. The number of rotatable bonds is 5. The van der Waals surface area contributed by atoms with Crippen molar-refractivity contribution >= 4 is 6.09 Å². The standard InChI is InChI=1S/C38H64N2O6/c1-11-44-29(33(7,8)43)24-18-22(3)35(10)30(45-24)28(41)38(39)26-13-12-25-32(5,6)27(46-31(42)40-19-21(2)20-40)14-15-36(25)23(4)37(26,36)17-16-34(35,38)9/h21-30,41,43H,11-20,39H2,1-10H3/t22-,23-,24?,25+,26?,27+,28+,29+,30?,34-,35+,36-,37+,38+/m1/s1. The van der Waals surface area contributed by atoms with Gasteiger partial charge in [-0.1, -0.05) is 48.5 Å². The van der Waals surface area contributed by atoms with Crippen LogP contribution in [0.1, 0.15) is 114 Å². The second kappa shape index (κ2) is 10.1. The molecule has 8 nitrogen and oxygen atoms in total. The van der Waals surface area contributed by atoms with Crippen molar-refractivity contribution in [3.8, 4) is 0 Å². The molecule has 14 atom stereocenters. The molecule has 2 saturated heterocycles. The number of nitrogens with zero attached hydrogens (tertiary/aromatic N) is 1. The van der Waals surface area contributed by atoms with E-state index in [9.17, 15) is 15.0 Å². The van der Waals surface area contributed by atoms with Gasteiger partial charge in [-0.15, -0.1) is 0 Å². The first kappa shape index (κ1) is 33.6. The fourth-order valence-electron chi connectivity index (χ4n) is 14.4. The molecule has 0 aromatic heterocycles. The topological polar surface area (TPSA) is 114 Å². The molecule has 3 unspecified atom stereocenters. The Morgan fingerprint density at radius 3 is 2.26 bits per heavy atom. The Balaban J connectivity index is 1.20. The van der Waals surface area contributed by atoms with E-state index < -0.39 is 29.5 Å². The average Bonchev–Trinajstić information content (AvgIpc) is 3.45. The summed E-state index contributed by atoms with van der Waals surface area (Å²) < 4.78 is 19.4. The molecule has 0 aromatic carbocycles. The summed E-state index contributed by atoms with van der Waals surface area (Å²) in [5.74, 6) is 1.96. The van der Waals surface area contributed by atoms with Gasteiger partial charge in [-0.3, -0.25) is 0 Å². The molecule has 7 aliphatic rings. The molecule has 1 amide bonds. The lowest BCUT2D eigenvalue weighted by atomic mass is 9.41. The maximum atomic E-state index is 13.1. The van der Waals surface area contributed by atoms with Gasteiger partial charge in [0.1, 0.15) is 12.2 Å². The lowest BCUT2D eigenvalue weighted by molar-refractivity contribution is -0.239. The molecule has 46 heavy (non-hydrogen) atoms. The molecular formula is C38H64N2O6. The minimum Gasteiger partial charge on any atom is -0.446 e. The van der Waals surface area contributed by atoms with Gasteiger partial charge in [-0.25, -0.2) is 4.79 Å². The van der Waals surface area contributed by atoms with Crippen LogP contribution in [0.25, 0.3) is 0 Å². The number of hydrogen-bond acceptors (Lipinski definition) is 7. The first-order valence-electron chi connectivity index (χ1n) is 18.7. The second-order valence-electron chi connectivity index (χ2n) is 19.0. The van der Waals surface area contributed by atoms with E-state index in [1.807, 2.05) is 11.8 Å². The average molecular weight is 645 g/mol. The van der Waals surface area contributed by atoms with E-state index in [1.54, 1.807) is 13.8 Å². The van der Waals surface area contributed by atoms with Gasteiger partial charge in [-0.05, 0) is 112 Å². The largest absolute Gasteiger partial charge is 0.446 e. The summed E-state index contributed by atoms with van der Waals surface area (Å²) in [6.07, 6.45) is 4.64. The van der Waals surface area contributed by atoms with E-state index in [4.69, 9.17) is 19.9 Å². The zero-order valence-electron chi connectivity index (χ0n) is 30.4. The van der Waals surface area contributed by atoms with Gasteiger partial charge in [0.25, 0.3) is 0 Å². The lowest BCUT2D eigenvalue weighted by Gasteiger charge is -2.65. The summed E-state index contributed by atoms with van der Waals surface area (Å²) in [6.45, 7) is 24.0. The Kier molecular flexibility index (Phi) is 7.35. The molecule has 2 aliphatic heterocycles. The van der Waals surface area contributed by atoms with Gasteiger partial charge in [0, 0.05) is 30.5 Å². The van der Waals surface area contributed by atoms with E-state index in [2.05, 4.69) is 48.5 Å². The van der Waals surface area contributed by atoms with E-state index in [0.717, 1.165) is 58.0 Å². The highest BCUT2D eigenvalue weighted by Crippen LogP contribution is 2.90. The van der Waals surface area contributed by atoms with Crippen LogP contribution in [0.5, 0.6) is 0 Å². The van der Waals surface area contributed by atoms with Crippen LogP contribution in [-0.2, 0) is 14.2 Å². The first-order valence-corrected chi connectivity index (χ1v) is 18.7. The van der Waals surface area contributed by atoms with Gasteiger partial charge in [-0.2, -0.15) is 0 Å². The van der Waals surface area contributed by atoms with Crippen LogP contribution < -0.4 is 5.73 Å². The molecule has 7 fully saturated rings. The van der Waals surface area contributed by atoms with Crippen molar-refractivity contribution in [1.29, 1.82) is 0 Å². The highest BCUT2D eigenvalue weighted by atomic mass is 16.6. The molecule has 4 N–H and O–H groups in total. The van der Waals surface area contributed by atoms with E-state index in [-0.39, 0.29) is 57.2 Å². The molecule has 5 saturated carbocycles. The van der Waals surface area contributed by atoms with Crippen molar-refractivity contribution in [3.05, 3.63) is 0 Å². The van der Waals surface area contributed by atoms with Crippen LogP contribution in [-0.4, -0.2) is 82.6 Å². The SMILES string of the molecule is CCO[C@@H](C1C[C@@H](C)[C@@]2(C)C(O1)[C@H](O)[C@@]1(N)C3CC[C@H]4C(C)(C)[C@@H](OC(=O)N5CC(C)C5)CC[C@@]45[C@@H](C)[C@@]35CC[C@]21C)C(C)(C)O. The molecule has 0 aromatic rings. The number of carbonyl (C=O) groups is 1. The number of fused-ring (bicyclic) bond motifs is 4. The number of likely N-dealkylation sites (tertiary alicyclic amines) is 1. The fourth-order valence-corrected chi connectivity index (χ4v) is 14.4. The summed E-state index contributed by atoms with van der Waals surface area (Å²) in [6, 6.07) is 0. The quantitative estimate of drug-likeness (QED) is 0.349. The Bertz CT molecular complexity index is 1250. The van der Waals surface area contributed by atoms with E-state index in [1.165, 1.54) is 0 Å². The number of aliphatic hydroxyl groups is 2. The Morgan fingerprint density at radius 2 is 1.65 bits per heavy atom. The molecule has 8 heteroatoms. The highest BCUT2D eigenvalue weighted by molar-refractivity contribution is 5.69. The van der Waals surface area contributed by atoms with Crippen molar-refractivity contribution in [2.45, 2.75) is 156 Å². The molecule has 0 bridgehead atoms. The molecule has 2 heterocycles. The number of hydrogen-bond donors (Lipinski definition) is 3. The third-order valence-electron chi connectivity index (χ3n) is 16.9. The minimum absolute atomic E-state index is 0.0762. The van der Waals surface area contributed by atoms with E-state index >= 15 is 0 Å². The van der Waals surface area contributed by atoms with Crippen molar-refractivity contribution in [1.82, 2.24) is 4.90 Å². The minimum atomic E-state index is -1.07. The number of amides is 1. The number of aliphatic hydroxyl groups excluding tert-OH is 1. The molecule has 5 aliphatic carbocycles. The van der Waals surface area contributed by atoms with Crippen LogP contribution in [0.2, 0.25) is 0 Å². The molecule has 0 radical (unpaired) electrons. The summed E-state index contributed by atoms with van der Waals surface area (Å²) >= 11 is 0. The second-order valence-corrected chi connectivity index (χ2v) is 19.0. The number of carbonyl (C=O) groups excluding carboxylic acids is 1. The summed E-state index contributed by atoms with van der Waals surface area (Å²) in [5.41, 5.74) is 5.56. The number of ether oxygens (including phenoxy) is 3. The van der Waals surface area contributed by atoms with Crippen molar-refractivity contribution in [2.75, 3.05) is 19.7 Å². The van der Waals surface area contributed by atoms with Crippen molar-refractivity contribution in [3.63, 3.8) is 0 Å². The Morgan fingerprint density at radius 1 is 1.02 bits per heavy atom. The number of nitrogens with two attached hydrogens (primary N) is 1. The summed E-state index contributed by atoms with van der Waals surface area (Å²) in [5, 5.41) is 23.7. The van der Waals surface area contributed by atoms with Crippen LogP contribution in [0, 0.1) is 56.7 Å². The Labute approximate surface area is 277 Å². The van der Waals surface area contributed by atoms with Crippen molar-refractivity contribution < 1.29 is 29.2 Å². The normalized spacial score (nSPS) is 53.1. The molecular weight excluding hydrogens is 580 g/mol. The third-order valence-corrected chi connectivity index (χ3v) is 16.9. The predicted octanol–water partition coefficient (Wildman–Crippen LogP) is 5.76. The summed E-state index contributed by atoms with van der Waals surface area (Å²) in [4.78, 5) is 14.9. The van der Waals surface area contributed by atoms with Gasteiger partial charge in [0.05, 0.1) is 29.5 Å². The van der Waals surface area contributed by atoms with Crippen LogP contribution in [0.15, 0.2) is 0 Å².